The highest BCUT2D eigenvalue weighted by molar-refractivity contribution is 5.92. The molecule has 3 heterocycles. The monoisotopic (exact) mass is 458 g/mol. The molecule has 0 aliphatic carbocycles. The summed E-state index contributed by atoms with van der Waals surface area (Å²) in [5, 5.41) is 17.7. The lowest BCUT2D eigenvalue weighted by atomic mass is 9.97. The smallest absolute Gasteiger partial charge is 0.225 e. The molecule has 1 aliphatic heterocycles. The van der Waals surface area contributed by atoms with E-state index in [2.05, 4.69) is 20.4 Å². The quantitative estimate of drug-likeness (QED) is 0.487. The maximum Gasteiger partial charge on any atom is 0.225 e. The predicted molar refractivity (Wildman–Crippen MR) is 129 cm³/mol. The van der Waals surface area contributed by atoms with Gasteiger partial charge in [0.15, 0.2) is 5.82 Å². The highest BCUT2D eigenvalue weighted by atomic mass is 19.1. The molecule has 2 aromatic heterocycles. The number of anilines is 1. The molecule has 174 valence electrons. The molecule has 2 aromatic carbocycles. The van der Waals surface area contributed by atoms with Crippen molar-refractivity contribution in [3.8, 4) is 5.69 Å². The highest BCUT2D eigenvalue weighted by Gasteiger charge is 2.29. The minimum Gasteiger partial charge on any atom is -0.352 e. The molecule has 7 nitrogen and oxygen atoms in total. The summed E-state index contributed by atoms with van der Waals surface area (Å²) in [6.45, 7) is 5.46. The zero-order valence-electron chi connectivity index (χ0n) is 19.3. The summed E-state index contributed by atoms with van der Waals surface area (Å²) in [5.74, 6) is 0.103. The number of halogens is 1. The Labute approximate surface area is 197 Å². The molecule has 1 amide bonds. The zero-order chi connectivity index (χ0) is 23.7. The molecule has 0 radical (unpaired) electrons. The van der Waals surface area contributed by atoms with E-state index in [1.165, 1.54) is 6.07 Å². The summed E-state index contributed by atoms with van der Waals surface area (Å²) in [5.41, 5.74) is 4.09. The van der Waals surface area contributed by atoms with E-state index in [1.807, 2.05) is 48.9 Å². The lowest BCUT2D eigenvalue weighted by Crippen LogP contribution is -2.43. The molecular weight excluding hydrogens is 431 g/mol. The van der Waals surface area contributed by atoms with Crippen LogP contribution in [0.4, 0.5) is 10.2 Å². The topological polar surface area (TPSA) is 75.9 Å². The van der Waals surface area contributed by atoms with Crippen molar-refractivity contribution < 1.29 is 9.18 Å². The number of benzene rings is 2. The number of nitrogens with zero attached hydrogens (tertiary/aromatic N) is 5. The van der Waals surface area contributed by atoms with Crippen LogP contribution in [0.3, 0.4) is 0 Å². The number of para-hydroxylation sites is 1. The Kier molecular flexibility index (Phi) is 5.96. The third kappa shape index (κ3) is 4.11. The zero-order valence-corrected chi connectivity index (χ0v) is 19.3. The first-order chi connectivity index (χ1) is 16.5. The Bertz CT molecular complexity index is 1340. The van der Waals surface area contributed by atoms with Crippen LogP contribution in [0.1, 0.15) is 29.8 Å². The number of hydrogen-bond acceptors (Lipinski definition) is 5. The van der Waals surface area contributed by atoms with Crippen LogP contribution in [0.5, 0.6) is 0 Å². The van der Waals surface area contributed by atoms with Gasteiger partial charge in [0, 0.05) is 25.2 Å². The molecule has 8 heteroatoms. The third-order valence-electron chi connectivity index (χ3n) is 6.49. The molecule has 0 bridgehead atoms. The van der Waals surface area contributed by atoms with Crippen molar-refractivity contribution in [3.05, 3.63) is 77.4 Å². The fourth-order valence-corrected chi connectivity index (χ4v) is 4.70. The normalized spacial score (nSPS) is 16.1. The van der Waals surface area contributed by atoms with Gasteiger partial charge < -0.3 is 10.2 Å². The van der Waals surface area contributed by atoms with E-state index in [4.69, 9.17) is 5.10 Å². The summed E-state index contributed by atoms with van der Waals surface area (Å²) < 4.78 is 15.8. The van der Waals surface area contributed by atoms with Crippen molar-refractivity contribution in [3.63, 3.8) is 0 Å². The Morgan fingerprint density at radius 1 is 1.09 bits per heavy atom. The minimum absolute atomic E-state index is 0.0738. The first-order valence-corrected chi connectivity index (χ1v) is 11.6. The van der Waals surface area contributed by atoms with Crippen LogP contribution >= 0.6 is 0 Å². The second-order valence-corrected chi connectivity index (χ2v) is 8.76. The number of fused-ring (bicyclic) bond motifs is 1. The molecule has 1 atom stereocenters. The molecule has 1 saturated heterocycles. The van der Waals surface area contributed by atoms with Gasteiger partial charge in [-0.25, -0.2) is 9.07 Å². The van der Waals surface area contributed by atoms with E-state index in [0.29, 0.717) is 17.9 Å². The molecule has 1 N–H and O–H groups in total. The Morgan fingerprint density at radius 3 is 2.65 bits per heavy atom. The SMILES string of the molecule is Cc1nnc(N2CCC[C@@H](C(=O)NCc3ccccc3F)C2)c2nn(-c3ccccc3)c(C)c12. The average Bonchev–Trinajstić information content (AvgIpc) is 3.22. The molecular formula is C26H27FN6O. The van der Waals surface area contributed by atoms with Gasteiger partial charge in [-0.2, -0.15) is 10.2 Å². The van der Waals surface area contributed by atoms with Crippen LogP contribution in [0.25, 0.3) is 16.6 Å². The van der Waals surface area contributed by atoms with E-state index in [9.17, 15) is 9.18 Å². The number of nitrogens with one attached hydrogen (secondary N) is 1. The number of aryl methyl sites for hydroxylation is 2. The van der Waals surface area contributed by atoms with Gasteiger partial charge in [-0.3, -0.25) is 4.79 Å². The summed E-state index contributed by atoms with van der Waals surface area (Å²) in [7, 11) is 0. The van der Waals surface area contributed by atoms with E-state index < -0.39 is 0 Å². The van der Waals surface area contributed by atoms with Gasteiger partial charge >= 0.3 is 0 Å². The molecule has 0 saturated carbocycles. The molecule has 4 aromatic rings. The molecule has 34 heavy (non-hydrogen) atoms. The van der Waals surface area contributed by atoms with Gasteiger partial charge in [0.2, 0.25) is 5.91 Å². The fourth-order valence-electron chi connectivity index (χ4n) is 4.70. The number of carbonyl (C=O) groups is 1. The molecule has 1 fully saturated rings. The number of amides is 1. The van der Waals surface area contributed by atoms with Crippen molar-refractivity contribution in [2.24, 2.45) is 5.92 Å². The number of rotatable bonds is 5. The van der Waals surface area contributed by atoms with Gasteiger partial charge in [0.1, 0.15) is 11.3 Å². The largest absolute Gasteiger partial charge is 0.352 e. The van der Waals surface area contributed by atoms with Crippen molar-refractivity contribution in [1.82, 2.24) is 25.3 Å². The first-order valence-electron chi connectivity index (χ1n) is 11.6. The number of piperidine rings is 1. The third-order valence-corrected chi connectivity index (χ3v) is 6.49. The van der Waals surface area contributed by atoms with Crippen LogP contribution in [-0.2, 0) is 11.3 Å². The second kappa shape index (κ2) is 9.21. The summed E-state index contributed by atoms with van der Waals surface area (Å²) >= 11 is 0. The highest BCUT2D eigenvalue weighted by Crippen LogP contribution is 2.31. The van der Waals surface area contributed by atoms with Crippen LogP contribution < -0.4 is 10.2 Å². The van der Waals surface area contributed by atoms with Crippen LogP contribution in [-0.4, -0.2) is 39.0 Å². The van der Waals surface area contributed by atoms with E-state index in [1.54, 1.807) is 18.2 Å². The number of hydrogen-bond donors (Lipinski definition) is 1. The molecule has 0 unspecified atom stereocenters. The number of carbonyl (C=O) groups excluding carboxylic acids is 1. The maximum atomic E-state index is 13.9. The predicted octanol–water partition coefficient (Wildman–Crippen LogP) is 4.10. The van der Waals surface area contributed by atoms with Crippen molar-refractivity contribution in [1.29, 1.82) is 0 Å². The van der Waals surface area contributed by atoms with Gasteiger partial charge in [-0.1, -0.05) is 36.4 Å². The molecule has 0 spiro atoms. The van der Waals surface area contributed by atoms with Crippen molar-refractivity contribution in [2.45, 2.75) is 33.2 Å². The van der Waals surface area contributed by atoms with Gasteiger partial charge in [-0.05, 0) is 44.9 Å². The Morgan fingerprint density at radius 2 is 1.85 bits per heavy atom. The standard InChI is InChI=1S/C26H27FN6O/c1-17-23-18(2)33(21-11-4-3-5-12-21)31-24(23)25(30-29-17)32-14-8-10-20(16-32)26(34)28-15-19-9-6-7-13-22(19)27/h3-7,9,11-13,20H,8,10,14-16H2,1-2H3,(H,28,34)/t20-/m1/s1. The van der Waals surface area contributed by atoms with Crippen LogP contribution in [0.2, 0.25) is 0 Å². The lowest BCUT2D eigenvalue weighted by molar-refractivity contribution is -0.125. The Hall–Kier alpha value is -3.81. The van der Waals surface area contributed by atoms with E-state index in [-0.39, 0.29) is 24.2 Å². The molecule has 1 aliphatic rings. The van der Waals surface area contributed by atoms with Crippen molar-refractivity contribution in [2.75, 3.05) is 18.0 Å². The van der Waals surface area contributed by atoms with Crippen LogP contribution in [0, 0.1) is 25.6 Å². The maximum absolute atomic E-state index is 13.9. The summed E-state index contributed by atoms with van der Waals surface area (Å²) in [6, 6.07) is 16.5. The van der Waals surface area contributed by atoms with Crippen LogP contribution in [0.15, 0.2) is 54.6 Å². The minimum atomic E-state index is -0.310. The fraction of sp³-hybridized carbons (Fsp3) is 0.308. The molecule has 5 rings (SSSR count). The lowest BCUT2D eigenvalue weighted by Gasteiger charge is -2.32. The van der Waals surface area contributed by atoms with Gasteiger partial charge in [0.05, 0.1) is 28.4 Å². The second-order valence-electron chi connectivity index (χ2n) is 8.76. The first kappa shape index (κ1) is 22.0. The summed E-state index contributed by atoms with van der Waals surface area (Å²) in [4.78, 5) is 15.0. The average molecular weight is 459 g/mol. The van der Waals surface area contributed by atoms with Gasteiger partial charge in [-0.15, -0.1) is 5.10 Å². The van der Waals surface area contributed by atoms with E-state index in [0.717, 1.165) is 47.4 Å². The Balaban J connectivity index is 1.40. The van der Waals surface area contributed by atoms with Gasteiger partial charge in [0.25, 0.3) is 0 Å². The van der Waals surface area contributed by atoms with E-state index >= 15 is 0 Å². The number of aromatic nitrogens is 4. The van der Waals surface area contributed by atoms with Crippen molar-refractivity contribution >= 4 is 22.6 Å². The summed E-state index contributed by atoms with van der Waals surface area (Å²) in [6.07, 6.45) is 1.63.